The number of benzene rings is 1. The number of carbonyl (C=O) groups excluding carboxylic acids is 1. The van der Waals surface area contributed by atoms with Gasteiger partial charge in [0.2, 0.25) is 5.91 Å². The SMILES string of the molecule is O=C(O)c1ccc(CC(=O)N2CCc3c(n(Cc4ccc(Cl)s4)c4ncccc34)C2)cc1. The van der Waals surface area contributed by atoms with E-state index in [4.69, 9.17) is 16.7 Å². The maximum Gasteiger partial charge on any atom is 0.335 e. The van der Waals surface area contributed by atoms with Gasteiger partial charge in [-0.3, -0.25) is 4.79 Å². The lowest BCUT2D eigenvalue weighted by atomic mass is 10.0. The molecule has 0 saturated carbocycles. The molecule has 0 fully saturated rings. The van der Waals surface area contributed by atoms with Gasteiger partial charge in [0, 0.05) is 28.7 Å². The van der Waals surface area contributed by atoms with Gasteiger partial charge in [-0.25, -0.2) is 9.78 Å². The summed E-state index contributed by atoms with van der Waals surface area (Å²) in [6, 6.07) is 14.5. The van der Waals surface area contributed by atoms with Crippen molar-refractivity contribution in [2.45, 2.75) is 25.9 Å². The average molecular weight is 466 g/mol. The van der Waals surface area contributed by atoms with Gasteiger partial charge in [0.05, 0.1) is 29.4 Å². The fraction of sp³-hybridized carbons (Fsp3) is 0.208. The van der Waals surface area contributed by atoms with E-state index >= 15 is 0 Å². The minimum atomic E-state index is -0.972. The molecule has 1 aromatic carbocycles. The van der Waals surface area contributed by atoms with E-state index in [0.29, 0.717) is 19.6 Å². The molecule has 0 atom stereocenters. The summed E-state index contributed by atoms with van der Waals surface area (Å²) in [6.07, 6.45) is 2.82. The number of carboxylic acids is 1. The van der Waals surface area contributed by atoms with Crippen molar-refractivity contribution >= 4 is 45.8 Å². The monoisotopic (exact) mass is 465 g/mol. The van der Waals surface area contributed by atoms with Crippen molar-refractivity contribution in [3.63, 3.8) is 0 Å². The van der Waals surface area contributed by atoms with Crippen molar-refractivity contribution in [3.05, 3.63) is 86.3 Å². The molecular formula is C24H20ClN3O3S. The molecule has 1 amide bonds. The molecule has 32 heavy (non-hydrogen) atoms. The van der Waals surface area contributed by atoms with Gasteiger partial charge in [0.15, 0.2) is 0 Å². The standard InChI is InChI=1S/C24H20ClN3O3S/c25-21-8-7-17(32-21)13-28-20-14-27(11-9-18(20)19-2-1-10-26-23(19)28)22(29)12-15-3-5-16(6-4-15)24(30)31/h1-8,10H,9,11-14H2,(H,30,31). The number of pyridine rings is 1. The van der Waals surface area contributed by atoms with Gasteiger partial charge >= 0.3 is 5.97 Å². The molecule has 4 heterocycles. The molecule has 0 saturated heterocycles. The molecule has 6 nitrogen and oxygen atoms in total. The summed E-state index contributed by atoms with van der Waals surface area (Å²) < 4.78 is 2.96. The number of amides is 1. The predicted octanol–water partition coefficient (Wildman–Crippen LogP) is 4.63. The van der Waals surface area contributed by atoms with E-state index in [1.807, 2.05) is 23.1 Å². The molecule has 0 unspecified atom stereocenters. The highest BCUT2D eigenvalue weighted by Gasteiger charge is 2.27. The molecule has 1 N–H and O–H groups in total. The van der Waals surface area contributed by atoms with Crippen molar-refractivity contribution in [1.82, 2.24) is 14.5 Å². The third-order valence-electron chi connectivity index (χ3n) is 5.87. The van der Waals surface area contributed by atoms with Gasteiger partial charge in [-0.15, -0.1) is 11.3 Å². The Labute approximate surface area is 193 Å². The molecule has 3 aromatic heterocycles. The van der Waals surface area contributed by atoms with Crippen LogP contribution in [0.15, 0.2) is 54.7 Å². The zero-order valence-corrected chi connectivity index (χ0v) is 18.7. The molecule has 0 aliphatic carbocycles. The zero-order valence-electron chi connectivity index (χ0n) is 17.1. The van der Waals surface area contributed by atoms with Gasteiger partial charge in [-0.1, -0.05) is 23.7 Å². The molecule has 0 bridgehead atoms. The molecule has 1 aliphatic heterocycles. The third kappa shape index (κ3) is 3.89. The first kappa shape index (κ1) is 20.7. The van der Waals surface area contributed by atoms with Crippen LogP contribution in [-0.2, 0) is 30.7 Å². The van der Waals surface area contributed by atoms with E-state index in [2.05, 4.69) is 15.6 Å². The van der Waals surface area contributed by atoms with Crippen molar-refractivity contribution in [2.24, 2.45) is 0 Å². The summed E-state index contributed by atoms with van der Waals surface area (Å²) in [6.45, 7) is 1.84. The highest BCUT2D eigenvalue weighted by Crippen LogP contribution is 2.32. The van der Waals surface area contributed by atoms with E-state index in [0.717, 1.165) is 37.9 Å². The van der Waals surface area contributed by atoms with E-state index in [1.54, 1.807) is 29.7 Å². The Bertz CT molecular complexity index is 1330. The first-order chi connectivity index (χ1) is 15.5. The highest BCUT2D eigenvalue weighted by molar-refractivity contribution is 7.16. The Balaban J connectivity index is 1.42. The first-order valence-electron chi connectivity index (χ1n) is 10.3. The number of hydrogen-bond acceptors (Lipinski definition) is 4. The van der Waals surface area contributed by atoms with E-state index in [1.165, 1.54) is 17.7 Å². The first-order valence-corrected chi connectivity index (χ1v) is 11.5. The van der Waals surface area contributed by atoms with Crippen LogP contribution in [-0.4, -0.2) is 38.0 Å². The smallest absolute Gasteiger partial charge is 0.335 e. The number of nitrogens with zero attached hydrogens (tertiary/aromatic N) is 3. The van der Waals surface area contributed by atoms with Gasteiger partial charge in [0.25, 0.3) is 0 Å². The largest absolute Gasteiger partial charge is 0.478 e. The van der Waals surface area contributed by atoms with Crippen LogP contribution < -0.4 is 0 Å². The number of carboxylic acid groups (broad SMARTS) is 1. The van der Waals surface area contributed by atoms with Crippen LogP contribution in [0.25, 0.3) is 11.0 Å². The topological polar surface area (TPSA) is 75.4 Å². The molecule has 162 valence electrons. The van der Waals surface area contributed by atoms with Gasteiger partial charge < -0.3 is 14.6 Å². The summed E-state index contributed by atoms with van der Waals surface area (Å²) in [4.78, 5) is 31.8. The van der Waals surface area contributed by atoms with Crippen LogP contribution in [0, 0.1) is 0 Å². The second kappa shape index (κ2) is 8.41. The van der Waals surface area contributed by atoms with Crippen LogP contribution in [0.2, 0.25) is 4.34 Å². The average Bonchev–Trinajstić information content (AvgIpc) is 3.35. The zero-order chi connectivity index (χ0) is 22.2. The van der Waals surface area contributed by atoms with Crippen LogP contribution in [0.5, 0.6) is 0 Å². The molecular weight excluding hydrogens is 446 g/mol. The summed E-state index contributed by atoms with van der Waals surface area (Å²) >= 11 is 7.69. The van der Waals surface area contributed by atoms with E-state index < -0.39 is 5.97 Å². The second-order valence-electron chi connectivity index (χ2n) is 7.84. The minimum Gasteiger partial charge on any atom is -0.478 e. The van der Waals surface area contributed by atoms with Crippen LogP contribution >= 0.6 is 22.9 Å². The van der Waals surface area contributed by atoms with Crippen LogP contribution in [0.3, 0.4) is 0 Å². The second-order valence-corrected chi connectivity index (χ2v) is 9.64. The Morgan fingerprint density at radius 3 is 2.66 bits per heavy atom. The van der Waals surface area contributed by atoms with Gasteiger partial charge in [0.1, 0.15) is 5.65 Å². The number of carbonyl (C=O) groups is 2. The Hall–Kier alpha value is -3.16. The van der Waals surface area contributed by atoms with E-state index in [-0.39, 0.29) is 17.9 Å². The number of rotatable bonds is 5. The normalized spacial score (nSPS) is 13.3. The Kier molecular flexibility index (Phi) is 5.45. The van der Waals surface area contributed by atoms with Crippen molar-refractivity contribution in [2.75, 3.05) is 6.54 Å². The number of aromatic carboxylic acids is 1. The summed E-state index contributed by atoms with van der Waals surface area (Å²) in [5, 5.41) is 10.2. The van der Waals surface area contributed by atoms with Gasteiger partial charge in [-0.05, 0) is 53.9 Å². The number of halogens is 1. The minimum absolute atomic E-state index is 0.0302. The number of fused-ring (bicyclic) bond motifs is 3. The van der Waals surface area contributed by atoms with Crippen molar-refractivity contribution in [1.29, 1.82) is 0 Å². The molecule has 5 rings (SSSR count). The van der Waals surface area contributed by atoms with Crippen molar-refractivity contribution < 1.29 is 14.7 Å². The van der Waals surface area contributed by atoms with E-state index in [9.17, 15) is 9.59 Å². The number of hydrogen-bond donors (Lipinski definition) is 1. The van der Waals surface area contributed by atoms with Crippen LogP contribution in [0.1, 0.15) is 32.1 Å². The fourth-order valence-corrected chi connectivity index (χ4v) is 5.36. The summed E-state index contributed by atoms with van der Waals surface area (Å²) in [5.74, 6) is -0.942. The van der Waals surface area contributed by atoms with Crippen LogP contribution in [0.4, 0.5) is 0 Å². The molecule has 0 radical (unpaired) electrons. The quantitative estimate of drug-likeness (QED) is 0.466. The molecule has 8 heteroatoms. The predicted molar refractivity (Wildman–Crippen MR) is 124 cm³/mol. The Morgan fingerprint density at radius 1 is 1.12 bits per heavy atom. The lowest BCUT2D eigenvalue weighted by Crippen LogP contribution is -2.37. The highest BCUT2D eigenvalue weighted by atomic mass is 35.5. The molecule has 0 spiro atoms. The number of aromatic nitrogens is 2. The fourth-order valence-electron chi connectivity index (χ4n) is 4.29. The molecule has 4 aromatic rings. The van der Waals surface area contributed by atoms with Crippen molar-refractivity contribution in [3.8, 4) is 0 Å². The molecule has 1 aliphatic rings. The number of thiophene rings is 1. The summed E-state index contributed by atoms with van der Waals surface area (Å²) in [5.41, 5.74) is 4.32. The maximum absolute atomic E-state index is 13.1. The lowest BCUT2D eigenvalue weighted by Gasteiger charge is -2.28. The van der Waals surface area contributed by atoms with Gasteiger partial charge in [-0.2, -0.15) is 0 Å². The Morgan fingerprint density at radius 2 is 1.94 bits per heavy atom. The third-order valence-corrected chi connectivity index (χ3v) is 7.08. The lowest BCUT2D eigenvalue weighted by molar-refractivity contribution is -0.131. The maximum atomic E-state index is 13.1. The summed E-state index contributed by atoms with van der Waals surface area (Å²) in [7, 11) is 0.